The number of ether oxygens (including phenoxy) is 2. The molecular weight excluding hydrogens is 630 g/mol. The maximum Gasteiger partial charge on any atom is 0.528 e. The molecule has 3 atom stereocenters. The molecule has 3 unspecified atom stereocenters. The number of carbonyl (C=O) groups excluding carboxylic acids is 3. The fraction of sp³-hybridized carbons (Fsp3) is 0.250. The van der Waals surface area contributed by atoms with Gasteiger partial charge in [0.15, 0.2) is 0 Å². The lowest BCUT2D eigenvalue weighted by molar-refractivity contribution is -0.143. The number of nitrogens with zero attached hydrogens (tertiary/aromatic N) is 2. The zero-order valence-electron chi connectivity index (χ0n) is 26.6. The van der Waals surface area contributed by atoms with Crippen molar-refractivity contribution in [1.29, 1.82) is 0 Å². The van der Waals surface area contributed by atoms with Gasteiger partial charge in [-0.25, -0.2) is 14.6 Å². The summed E-state index contributed by atoms with van der Waals surface area (Å²) in [6, 6.07) is 29.4. The van der Waals surface area contributed by atoms with Crippen molar-refractivity contribution in [2.45, 2.75) is 31.2 Å². The third kappa shape index (κ3) is 10.6. The quantitative estimate of drug-likeness (QED) is 0.136. The molecule has 2 heterocycles. The number of nitrogens with one attached hydrogen (secondary N) is 3. The molecule has 3 aromatic carbocycles. The van der Waals surface area contributed by atoms with Crippen LogP contribution >= 0.6 is 0 Å². The number of amides is 2. The number of hydrogen-bond acceptors (Lipinski definition) is 10. The van der Waals surface area contributed by atoms with Gasteiger partial charge >= 0.3 is 12.1 Å². The van der Waals surface area contributed by atoms with Crippen LogP contribution in [0.3, 0.4) is 0 Å². The van der Waals surface area contributed by atoms with E-state index < -0.39 is 36.1 Å². The number of anilines is 1. The van der Waals surface area contributed by atoms with Crippen molar-refractivity contribution in [2.75, 3.05) is 31.6 Å². The molecule has 2 amide bonds. The van der Waals surface area contributed by atoms with Gasteiger partial charge in [-0.1, -0.05) is 78.9 Å². The Bertz CT molecular complexity index is 1680. The lowest BCUT2D eigenvalue weighted by Crippen LogP contribution is -2.49. The first-order chi connectivity index (χ1) is 23.8. The Morgan fingerprint density at radius 3 is 2.27 bits per heavy atom. The summed E-state index contributed by atoms with van der Waals surface area (Å²) in [5, 5.41) is 19.3. The third-order valence-corrected chi connectivity index (χ3v) is 7.71. The molecule has 1 aliphatic rings. The second-order valence-corrected chi connectivity index (χ2v) is 11.2. The molecule has 4 N–H and O–H groups in total. The zero-order chi connectivity index (χ0) is 34.4. The van der Waals surface area contributed by atoms with E-state index in [1.165, 1.54) is 5.06 Å². The number of aliphatic carboxylic acids is 1. The summed E-state index contributed by atoms with van der Waals surface area (Å²) in [5.74, 6) is -1.82. The minimum absolute atomic E-state index is 0.0444. The van der Waals surface area contributed by atoms with Crippen molar-refractivity contribution < 1.29 is 38.6 Å². The van der Waals surface area contributed by atoms with E-state index in [-0.39, 0.29) is 37.9 Å². The van der Waals surface area contributed by atoms with Crippen molar-refractivity contribution >= 4 is 29.8 Å². The molecule has 254 valence electrons. The van der Waals surface area contributed by atoms with Crippen molar-refractivity contribution in [3.63, 3.8) is 0 Å². The van der Waals surface area contributed by atoms with Crippen molar-refractivity contribution in [3.8, 4) is 11.1 Å². The highest BCUT2D eigenvalue weighted by atomic mass is 16.8. The molecule has 0 saturated carbocycles. The fourth-order valence-electron chi connectivity index (χ4n) is 5.14. The minimum Gasteiger partial charge on any atom is -0.480 e. The molecule has 5 rings (SSSR count). The van der Waals surface area contributed by atoms with Gasteiger partial charge in [-0.2, -0.15) is 0 Å². The highest BCUT2D eigenvalue weighted by Gasteiger charge is 2.36. The minimum atomic E-state index is -1.37. The molecule has 0 radical (unpaired) electrons. The van der Waals surface area contributed by atoms with Crippen LogP contribution in [0.4, 0.5) is 10.6 Å². The summed E-state index contributed by atoms with van der Waals surface area (Å²) >= 11 is 0. The number of hydrogen-bond donors (Lipinski definition) is 4. The Morgan fingerprint density at radius 1 is 0.878 bits per heavy atom. The van der Waals surface area contributed by atoms with Gasteiger partial charge in [-0.3, -0.25) is 9.59 Å². The Balaban J connectivity index is 1.09. The molecule has 1 aliphatic heterocycles. The fourth-order valence-corrected chi connectivity index (χ4v) is 5.14. The number of carbonyl (C=O) groups is 4. The van der Waals surface area contributed by atoms with E-state index in [4.69, 9.17) is 14.3 Å². The first-order valence-corrected chi connectivity index (χ1v) is 15.7. The summed E-state index contributed by atoms with van der Waals surface area (Å²) in [6.07, 6.45) is 0.701. The highest BCUT2D eigenvalue weighted by molar-refractivity contribution is 5.97. The maximum absolute atomic E-state index is 12.8. The van der Waals surface area contributed by atoms with Gasteiger partial charge in [-0.15, -0.1) is 5.06 Å². The van der Waals surface area contributed by atoms with Gasteiger partial charge in [0.1, 0.15) is 25.1 Å². The largest absolute Gasteiger partial charge is 0.528 e. The van der Waals surface area contributed by atoms with Crippen molar-refractivity contribution in [2.24, 2.45) is 0 Å². The van der Waals surface area contributed by atoms with Crippen LogP contribution in [0.1, 0.15) is 22.3 Å². The molecule has 1 fully saturated rings. The average molecular weight is 668 g/mol. The molecule has 1 saturated heterocycles. The standard InChI is InChI=1S/C36H37N5O8/c42-33(39-21-31(35(44)45)40-34(43)28-16-14-27(15-17-28)26-11-5-2-6-12-26)24-47-30-19-29(20-38-32-13-7-8-18-37-32)41(22-30)49-36(46)48-23-25-9-3-1-4-10-25/h1-18,29-31H,19-24H2,(H,37,38)(H,39,42)(H,40,43)(H,44,45). The van der Waals surface area contributed by atoms with Crippen LogP contribution in [0.15, 0.2) is 109 Å². The van der Waals surface area contributed by atoms with E-state index in [1.807, 2.05) is 66.7 Å². The van der Waals surface area contributed by atoms with Gasteiger partial charge in [-0.05, 0) is 47.4 Å². The van der Waals surface area contributed by atoms with Crippen LogP contribution in [0.25, 0.3) is 11.1 Å². The summed E-state index contributed by atoms with van der Waals surface area (Å²) in [4.78, 5) is 59.6. The zero-order valence-corrected chi connectivity index (χ0v) is 26.6. The predicted octanol–water partition coefficient (Wildman–Crippen LogP) is 3.89. The first-order valence-electron chi connectivity index (χ1n) is 15.7. The Kier molecular flexibility index (Phi) is 12.3. The van der Waals surface area contributed by atoms with E-state index in [0.29, 0.717) is 18.8 Å². The van der Waals surface area contributed by atoms with Crippen LogP contribution in [-0.4, -0.2) is 83.5 Å². The van der Waals surface area contributed by atoms with E-state index in [2.05, 4.69) is 20.9 Å². The molecule has 4 aromatic rings. The predicted molar refractivity (Wildman–Crippen MR) is 179 cm³/mol. The number of aromatic nitrogens is 1. The summed E-state index contributed by atoms with van der Waals surface area (Å²) < 4.78 is 11.1. The van der Waals surface area contributed by atoms with Crippen LogP contribution in [0.2, 0.25) is 0 Å². The molecule has 1 aromatic heterocycles. The molecule has 0 aliphatic carbocycles. The van der Waals surface area contributed by atoms with Gasteiger partial charge < -0.3 is 35.4 Å². The second kappa shape index (κ2) is 17.4. The normalized spacial score (nSPS) is 16.2. The SMILES string of the molecule is O=C(COC1CC(CNc2ccccn2)N(OC(=O)OCc2ccccc2)C1)NCC(NC(=O)c1ccc(-c2ccccc2)cc1)C(=O)O. The van der Waals surface area contributed by atoms with E-state index >= 15 is 0 Å². The molecular formula is C36H37N5O8. The highest BCUT2D eigenvalue weighted by Crippen LogP contribution is 2.22. The smallest absolute Gasteiger partial charge is 0.480 e. The monoisotopic (exact) mass is 667 g/mol. The third-order valence-electron chi connectivity index (χ3n) is 7.71. The van der Waals surface area contributed by atoms with Crippen LogP contribution < -0.4 is 16.0 Å². The lowest BCUT2D eigenvalue weighted by Gasteiger charge is -2.22. The second-order valence-electron chi connectivity index (χ2n) is 11.2. The summed E-state index contributed by atoms with van der Waals surface area (Å²) in [6.45, 7) is -0.153. The van der Waals surface area contributed by atoms with E-state index in [1.54, 1.807) is 42.6 Å². The van der Waals surface area contributed by atoms with Gasteiger partial charge in [0.25, 0.3) is 5.91 Å². The number of carboxylic acids is 1. The van der Waals surface area contributed by atoms with Crippen molar-refractivity contribution in [3.05, 3.63) is 120 Å². The van der Waals surface area contributed by atoms with Crippen molar-refractivity contribution in [1.82, 2.24) is 20.7 Å². The first kappa shape index (κ1) is 34.5. The van der Waals surface area contributed by atoms with Crippen LogP contribution in [-0.2, 0) is 30.5 Å². The Labute approximate surface area is 283 Å². The Hall–Kier alpha value is -5.79. The summed E-state index contributed by atoms with van der Waals surface area (Å²) in [7, 11) is 0. The number of pyridine rings is 1. The molecule has 0 bridgehead atoms. The van der Waals surface area contributed by atoms with Crippen LogP contribution in [0.5, 0.6) is 0 Å². The summed E-state index contributed by atoms with van der Waals surface area (Å²) in [5.41, 5.74) is 2.99. The molecule has 0 spiro atoms. The van der Waals surface area contributed by atoms with Gasteiger partial charge in [0, 0.05) is 24.8 Å². The van der Waals surface area contributed by atoms with Gasteiger partial charge in [0.05, 0.1) is 18.7 Å². The average Bonchev–Trinajstić information content (AvgIpc) is 3.52. The molecule has 49 heavy (non-hydrogen) atoms. The van der Waals surface area contributed by atoms with E-state index in [0.717, 1.165) is 16.7 Å². The van der Waals surface area contributed by atoms with Gasteiger partial charge in [0.2, 0.25) is 5.91 Å². The number of carboxylic acid groups (broad SMARTS) is 1. The maximum atomic E-state index is 12.8. The Morgan fingerprint density at radius 2 is 1.57 bits per heavy atom. The van der Waals surface area contributed by atoms with Crippen LogP contribution in [0, 0.1) is 0 Å². The lowest BCUT2D eigenvalue weighted by atomic mass is 10.0. The molecule has 13 heteroatoms. The number of benzene rings is 3. The topological polar surface area (TPSA) is 168 Å². The number of rotatable bonds is 15. The number of hydroxylamine groups is 2. The molecule has 13 nitrogen and oxygen atoms in total. The van der Waals surface area contributed by atoms with E-state index in [9.17, 15) is 24.3 Å².